The molecule has 5 rings (SSSR count). The van der Waals surface area contributed by atoms with E-state index in [1.54, 1.807) is 57.4 Å². The Morgan fingerprint density at radius 2 is 1.60 bits per heavy atom. The molecule has 3 amide bonds. The summed E-state index contributed by atoms with van der Waals surface area (Å²) in [4.78, 5) is 37.3. The van der Waals surface area contributed by atoms with E-state index in [0.717, 1.165) is 10.9 Å². The van der Waals surface area contributed by atoms with Crippen LogP contribution >= 0.6 is 0 Å². The molecule has 12 nitrogen and oxygen atoms in total. The number of rotatable bonds is 13. The van der Waals surface area contributed by atoms with Crippen LogP contribution < -0.4 is 35.0 Å². The lowest BCUT2D eigenvalue weighted by molar-refractivity contribution is -0.139. The van der Waals surface area contributed by atoms with Gasteiger partial charge < -0.3 is 34.3 Å². The fourth-order valence-corrected chi connectivity index (χ4v) is 5.13. The fraction of sp³-hybridized carbons (Fsp3) is 0.222. The number of esters is 1. The van der Waals surface area contributed by atoms with Crippen LogP contribution in [-0.4, -0.2) is 51.6 Å². The molecule has 1 atom stereocenters. The molecule has 12 heteroatoms. The van der Waals surface area contributed by atoms with E-state index in [1.165, 1.54) is 18.7 Å². The second-order valence-corrected chi connectivity index (χ2v) is 10.7. The number of nitrogens with zero attached hydrogens (tertiary/aromatic N) is 1. The molecule has 0 saturated heterocycles. The van der Waals surface area contributed by atoms with E-state index in [1.807, 2.05) is 18.2 Å². The zero-order valence-electron chi connectivity index (χ0n) is 27.0. The van der Waals surface area contributed by atoms with Gasteiger partial charge in [-0.15, -0.1) is 0 Å². The lowest BCUT2D eigenvalue weighted by atomic mass is 9.95. The maximum absolute atomic E-state index is 12.6. The minimum atomic E-state index is -0.776. The van der Waals surface area contributed by atoms with Crippen molar-refractivity contribution in [2.75, 3.05) is 27.4 Å². The monoisotopic (exact) mass is 652 g/mol. The van der Waals surface area contributed by atoms with Gasteiger partial charge in [-0.3, -0.25) is 4.79 Å². The van der Waals surface area contributed by atoms with Gasteiger partial charge in [-0.1, -0.05) is 42.5 Å². The summed E-state index contributed by atoms with van der Waals surface area (Å²) in [5.74, 6) is 0.618. The first-order valence-electron chi connectivity index (χ1n) is 15.2. The number of ether oxygens (including phenoxy) is 5. The standard InChI is InChI=1S/C36H36N4O8/c1-5-46-35(42)33-22(2)38-36(43)39-34(33)27-13-15-29(31(18-27)45-4)48-21-32(41)40-37-19-23-11-14-28(30(17-23)44-3)47-20-24-10-12-25-8-6-7-9-26(25)16-24/h6-19,34H,5,20-21H2,1-4H3,(H,40,41)(H2,38,39,43)/b37-19-/t34-/m0/s1. The van der Waals surface area contributed by atoms with Crippen molar-refractivity contribution >= 4 is 34.9 Å². The molecule has 0 spiro atoms. The molecule has 0 radical (unpaired) electrons. The number of nitrogens with one attached hydrogen (secondary N) is 3. The van der Waals surface area contributed by atoms with Crippen LogP contribution in [0.25, 0.3) is 10.8 Å². The number of carbonyl (C=O) groups excluding carboxylic acids is 3. The Bertz CT molecular complexity index is 1890. The van der Waals surface area contributed by atoms with Crippen LogP contribution in [0.4, 0.5) is 4.79 Å². The van der Waals surface area contributed by atoms with Crippen LogP contribution in [0.2, 0.25) is 0 Å². The molecule has 1 aliphatic rings. The maximum Gasteiger partial charge on any atom is 0.338 e. The van der Waals surface area contributed by atoms with E-state index in [9.17, 15) is 14.4 Å². The molecular formula is C36H36N4O8. The topological polar surface area (TPSA) is 146 Å². The average Bonchev–Trinajstić information content (AvgIpc) is 3.09. The summed E-state index contributed by atoms with van der Waals surface area (Å²) >= 11 is 0. The minimum Gasteiger partial charge on any atom is -0.493 e. The minimum absolute atomic E-state index is 0.182. The Hall–Kier alpha value is -6.04. The normalized spacial score (nSPS) is 14.2. The Labute approximate surface area is 277 Å². The lowest BCUT2D eigenvalue weighted by Gasteiger charge is -2.28. The van der Waals surface area contributed by atoms with Gasteiger partial charge >= 0.3 is 12.0 Å². The van der Waals surface area contributed by atoms with Crippen LogP contribution in [0, 0.1) is 0 Å². The van der Waals surface area contributed by atoms with Gasteiger partial charge in [-0.25, -0.2) is 15.0 Å². The van der Waals surface area contributed by atoms with Gasteiger partial charge in [-0.2, -0.15) is 5.10 Å². The highest BCUT2D eigenvalue weighted by atomic mass is 16.5. The van der Waals surface area contributed by atoms with Crippen LogP contribution in [0.15, 0.2) is 95.2 Å². The van der Waals surface area contributed by atoms with Gasteiger partial charge in [0.05, 0.1) is 38.7 Å². The van der Waals surface area contributed by atoms with Gasteiger partial charge in [0.25, 0.3) is 5.91 Å². The molecule has 248 valence electrons. The number of methoxy groups -OCH3 is 2. The zero-order chi connectivity index (χ0) is 34.0. The number of allylic oxidation sites excluding steroid dienone is 1. The van der Waals surface area contributed by atoms with Gasteiger partial charge in [0.2, 0.25) is 0 Å². The predicted octanol–water partition coefficient (Wildman–Crippen LogP) is 5.16. The summed E-state index contributed by atoms with van der Waals surface area (Å²) in [5, 5.41) is 11.7. The van der Waals surface area contributed by atoms with Crippen LogP contribution in [-0.2, 0) is 20.9 Å². The molecule has 0 bridgehead atoms. The van der Waals surface area contributed by atoms with E-state index >= 15 is 0 Å². The second-order valence-electron chi connectivity index (χ2n) is 10.7. The quantitative estimate of drug-likeness (QED) is 0.102. The molecule has 4 aromatic carbocycles. The molecule has 1 aliphatic heterocycles. The number of amides is 3. The second kappa shape index (κ2) is 15.5. The van der Waals surface area contributed by atoms with Gasteiger partial charge in [0.1, 0.15) is 6.61 Å². The smallest absolute Gasteiger partial charge is 0.338 e. The highest BCUT2D eigenvalue weighted by Crippen LogP contribution is 2.35. The van der Waals surface area contributed by atoms with Gasteiger partial charge in [-0.05, 0) is 77.7 Å². The van der Waals surface area contributed by atoms with E-state index in [2.05, 4.69) is 45.4 Å². The summed E-state index contributed by atoms with van der Waals surface area (Å²) < 4.78 is 27.9. The summed E-state index contributed by atoms with van der Waals surface area (Å²) in [6, 6.07) is 23.3. The molecule has 1 heterocycles. The van der Waals surface area contributed by atoms with Crippen molar-refractivity contribution in [3.8, 4) is 23.0 Å². The maximum atomic E-state index is 12.6. The molecule has 0 saturated carbocycles. The number of benzene rings is 4. The number of carbonyl (C=O) groups is 3. The fourth-order valence-electron chi connectivity index (χ4n) is 5.13. The van der Waals surface area contributed by atoms with E-state index in [0.29, 0.717) is 40.7 Å². The largest absolute Gasteiger partial charge is 0.493 e. The molecule has 0 aliphatic carbocycles. The number of hydrogen-bond donors (Lipinski definition) is 3. The van der Waals surface area contributed by atoms with Gasteiger partial charge in [0.15, 0.2) is 29.6 Å². The SMILES string of the molecule is CCOC(=O)C1=C(C)NC(=O)N[C@H]1c1ccc(OCC(=O)N/N=C\c2ccc(OCc3ccc4ccccc4c3)c(OC)c2)c(OC)c1. The van der Waals surface area contributed by atoms with Crippen molar-refractivity contribution in [2.45, 2.75) is 26.5 Å². The third-order valence-electron chi connectivity index (χ3n) is 7.44. The molecule has 0 aromatic heterocycles. The van der Waals surface area contributed by atoms with Crippen molar-refractivity contribution in [1.82, 2.24) is 16.1 Å². The first-order valence-corrected chi connectivity index (χ1v) is 15.2. The van der Waals surface area contributed by atoms with Crippen molar-refractivity contribution in [3.05, 3.63) is 107 Å². The Morgan fingerprint density at radius 1 is 0.875 bits per heavy atom. The summed E-state index contributed by atoms with van der Waals surface area (Å²) in [7, 11) is 3.00. The van der Waals surface area contributed by atoms with Crippen LogP contribution in [0.1, 0.15) is 36.6 Å². The number of hydrogen-bond acceptors (Lipinski definition) is 9. The highest BCUT2D eigenvalue weighted by Gasteiger charge is 2.32. The van der Waals surface area contributed by atoms with Crippen molar-refractivity contribution in [1.29, 1.82) is 0 Å². The summed E-state index contributed by atoms with van der Waals surface area (Å²) in [6.45, 7) is 3.53. The third kappa shape index (κ3) is 8.02. The molecule has 4 aromatic rings. The zero-order valence-corrected chi connectivity index (χ0v) is 27.0. The Kier molecular flexibility index (Phi) is 10.8. The molecule has 0 unspecified atom stereocenters. The summed E-state index contributed by atoms with van der Waals surface area (Å²) in [6.07, 6.45) is 1.48. The van der Waals surface area contributed by atoms with E-state index in [4.69, 9.17) is 23.7 Å². The third-order valence-corrected chi connectivity index (χ3v) is 7.44. The molecular weight excluding hydrogens is 616 g/mol. The number of hydrazone groups is 1. The first kappa shape index (κ1) is 33.3. The number of urea groups is 1. The van der Waals surface area contributed by atoms with Crippen molar-refractivity contribution < 1.29 is 38.1 Å². The molecule has 3 N–H and O–H groups in total. The van der Waals surface area contributed by atoms with Crippen molar-refractivity contribution in [3.63, 3.8) is 0 Å². The Morgan fingerprint density at radius 3 is 2.38 bits per heavy atom. The number of fused-ring (bicyclic) bond motifs is 1. The molecule has 48 heavy (non-hydrogen) atoms. The van der Waals surface area contributed by atoms with Crippen LogP contribution in [0.3, 0.4) is 0 Å². The van der Waals surface area contributed by atoms with E-state index < -0.39 is 23.9 Å². The van der Waals surface area contributed by atoms with Gasteiger partial charge in [0, 0.05) is 5.70 Å². The first-order chi connectivity index (χ1) is 23.3. The average molecular weight is 653 g/mol. The summed E-state index contributed by atoms with van der Waals surface area (Å²) in [5.41, 5.74) is 5.37. The van der Waals surface area contributed by atoms with Crippen LogP contribution in [0.5, 0.6) is 23.0 Å². The predicted molar refractivity (Wildman–Crippen MR) is 179 cm³/mol. The van der Waals surface area contributed by atoms with E-state index in [-0.39, 0.29) is 24.5 Å². The lowest BCUT2D eigenvalue weighted by Crippen LogP contribution is -2.45. The highest BCUT2D eigenvalue weighted by molar-refractivity contribution is 5.95. The molecule has 0 fully saturated rings. The van der Waals surface area contributed by atoms with Crippen molar-refractivity contribution in [2.24, 2.45) is 5.10 Å². The Balaban J connectivity index is 1.17.